The molecular weight excluding hydrogens is 214 g/mol. The molecule has 1 N–H and O–H groups in total. The normalized spacial score (nSPS) is 34.9. The number of aryl methyl sites for hydroxylation is 1. The van der Waals surface area contributed by atoms with Crippen LogP contribution in [-0.2, 0) is 11.8 Å². The minimum Gasteiger partial charge on any atom is -0.379 e. The highest BCUT2D eigenvalue weighted by Gasteiger charge is 2.57. The van der Waals surface area contributed by atoms with Gasteiger partial charge < -0.3 is 10.1 Å². The Bertz CT molecular complexity index is 413. The van der Waals surface area contributed by atoms with Crippen molar-refractivity contribution in [3.8, 4) is 0 Å². The summed E-state index contributed by atoms with van der Waals surface area (Å²) in [6, 6.07) is 0.511. The van der Waals surface area contributed by atoms with Crippen molar-refractivity contribution >= 4 is 5.69 Å². The highest BCUT2D eigenvalue weighted by Crippen LogP contribution is 2.52. The number of nitrogens with one attached hydrogen (secondary N) is 1. The second kappa shape index (κ2) is 3.73. The van der Waals surface area contributed by atoms with Gasteiger partial charge in [0.1, 0.15) is 0 Å². The number of hydrogen-bond donors (Lipinski definition) is 1. The Morgan fingerprint density at radius 3 is 3.06 bits per heavy atom. The third-order valence-electron chi connectivity index (χ3n) is 4.36. The van der Waals surface area contributed by atoms with E-state index in [2.05, 4.69) is 24.3 Å². The molecule has 1 aromatic rings. The van der Waals surface area contributed by atoms with Crippen LogP contribution in [0, 0.1) is 11.3 Å². The van der Waals surface area contributed by atoms with Gasteiger partial charge in [-0.3, -0.25) is 4.68 Å². The van der Waals surface area contributed by atoms with Crippen molar-refractivity contribution < 1.29 is 4.74 Å². The van der Waals surface area contributed by atoms with E-state index in [4.69, 9.17) is 4.74 Å². The first-order valence-corrected chi connectivity index (χ1v) is 6.46. The SMILES string of the molecule is Cn1cc(NC2C3CCCOC3C2(C)C)cn1. The maximum Gasteiger partial charge on any atom is 0.0728 e. The molecule has 0 radical (unpaired) electrons. The van der Waals surface area contributed by atoms with Gasteiger partial charge in [-0.2, -0.15) is 5.10 Å². The summed E-state index contributed by atoms with van der Waals surface area (Å²) >= 11 is 0. The van der Waals surface area contributed by atoms with Crippen molar-refractivity contribution in [2.75, 3.05) is 11.9 Å². The lowest BCUT2D eigenvalue weighted by atomic mass is 9.55. The number of fused-ring (bicyclic) bond motifs is 1. The smallest absolute Gasteiger partial charge is 0.0728 e. The fraction of sp³-hybridized carbons (Fsp3) is 0.769. The van der Waals surface area contributed by atoms with Crippen molar-refractivity contribution in [3.05, 3.63) is 12.4 Å². The first-order chi connectivity index (χ1) is 8.09. The van der Waals surface area contributed by atoms with Gasteiger partial charge in [-0.25, -0.2) is 0 Å². The van der Waals surface area contributed by atoms with Crippen LogP contribution >= 0.6 is 0 Å². The van der Waals surface area contributed by atoms with Crippen LogP contribution in [0.2, 0.25) is 0 Å². The Hall–Kier alpha value is -1.03. The molecule has 4 heteroatoms. The van der Waals surface area contributed by atoms with Crippen molar-refractivity contribution in [2.24, 2.45) is 18.4 Å². The highest BCUT2D eigenvalue weighted by molar-refractivity contribution is 5.42. The Morgan fingerprint density at radius 1 is 1.53 bits per heavy atom. The molecule has 0 bridgehead atoms. The van der Waals surface area contributed by atoms with Gasteiger partial charge in [0, 0.05) is 37.2 Å². The summed E-state index contributed by atoms with van der Waals surface area (Å²) in [5.74, 6) is 0.666. The molecule has 1 aliphatic carbocycles. The number of hydrogen-bond acceptors (Lipinski definition) is 3. The van der Waals surface area contributed by atoms with Crippen molar-refractivity contribution in [1.29, 1.82) is 0 Å². The minimum absolute atomic E-state index is 0.223. The maximum absolute atomic E-state index is 5.90. The van der Waals surface area contributed by atoms with Crippen LogP contribution in [0.3, 0.4) is 0 Å². The van der Waals surface area contributed by atoms with E-state index in [1.807, 2.05) is 24.1 Å². The van der Waals surface area contributed by atoms with Crippen LogP contribution in [0.15, 0.2) is 12.4 Å². The Kier molecular flexibility index (Phi) is 2.43. The molecule has 0 spiro atoms. The van der Waals surface area contributed by atoms with Gasteiger partial charge in [-0.15, -0.1) is 0 Å². The fourth-order valence-electron chi connectivity index (χ4n) is 3.49. The predicted molar refractivity (Wildman–Crippen MR) is 66.9 cm³/mol. The first-order valence-electron chi connectivity index (χ1n) is 6.46. The third kappa shape index (κ3) is 1.66. The molecule has 1 aromatic heterocycles. The molecule has 3 unspecified atom stereocenters. The van der Waals surface area contributed by atoms with E-state index >= 15 is 0 Å². The monoisotopic (exact) mass is 235 g/mol. The molecule has 2 aliphatic rings. The van der Waals surface area contributed by atoms with Gasteiger partial charge in [0.15, 0.2) is 0 Å². The van der Waals surface area contributed by atoms with Gasteiger partial charge in [0.25, 0.3) is 0 Å². The van der Waals surface area contributed by atoms with E-state index in [-0.39, 0.29) is 5.41 Å². The summed E-state index contributed by atoms with van der Waals surface area (Å²) in [4.78, 5) is 0. The second-order valence-corrected chi connectivity index (χ2v) is 5.94. The van der Waals surface area contributed by atoms with Gasteiger partial charge in [0.05, 0.1) is 18.0 Å². The average molecular weight is 235 g/mol. The van der Waals surface area contributed by atoms with E-state index in [1.54, 1.807) is 0 Å². The standard InChI is InChI=1S/C13H21N3O/c1-13(2)11(10-5-4-6-17-12(10)13)15-9-7-14-16(3)8-9/h7-8,10-12,15H,4-6H2,1-3H3. The summed E-state index contributed by atoms with van der Waals surface area (Å²) in [6.07, 6.45) is 6.85. The van der Waals surface area contributed by atoms with Crippen molar-refractivity contribution in [3.63, 3.8) is 0 Å². The van der Waals surface area contributed by atoms with E-state index in [1.165, 1.54) is 12.8 Å². The summed E-state index contributed by atoms with van der Waals surface area (Å²) in [5.41, 5.74) is 1.34. The first kappa shape index (κ1) is 11.1. The highest BCUT2D eigenvalue weighted by atomic mass is 16.5. The van der Waals surface area contributed by atoms with Crippen LogP contribution in [0.4, 0.5) is 5.69 Å². The van der Waals surface area contributed by atoms with Gasteiger partial charge in [0.2, 0.25) is 0 Å². The average Bonchev–Trinajstić information content (AvgIpc) is 2.72. The van der Waals surface area contributed by atoms with Crippen LogP contribution < -0.4 is 5.32 Å². The molecule has 2 heterocycles. The van der Waals surface area contributed by atoms with E-state index < -0.39 is 0 Å². The largest absolute Gasteiger partial charge is 0.379 e. The lowest BCUT2D eigenvalue weighted by Crippen LogP contribution is -2.67. The number of ether oxygens (including phenoxy) is 1. The number of aromatic nitrogens is 2. The molecule has 1 saturated heterocycles. The van der Waals surface area contributed by atoms with Crippen molar-refractivity contribution in [1.82, 2.24) is 9.78 Å². The topological polar surface area (TPSA) is 39.1 Å². The van der Waals surface area contributed by atoms with Crippen LogP contribution in [0.5, 0.6) is 0 Å². The predicted octanol–water partition coefficient (Wildman–Crippen LogP) is 2.04. The molecule has 17 heavy (non-hydrogen) atoms. The lowest BCUT2D eigenvalue weighted by molar-refractivity contribution is -0.177. The zero-order chi connectivity index (χ0) is 12.0. The molecule has 1 saturated carbocycles. The number of anilines is 1. The lowest BCUT2D eigenvalue weighted by Gasteiger charge is -2.60. The van der Waals surface area contributed by atoms with Crippen LogP contribution in [0.25, 0.3) is 0 Å². The molecule has 3 rings (SSSR count). The van der Waals surface area contributed by atoms with Gasteiger partial charge >= 0.3 is 0 Å². The molecule has 3 atom stereocenters. The summed E-state index contributed by atoms with van der Waals surface area (Å²) in [7, 11) is 1.95. The van der Waals surface area contributed by atoms with Gasteiger partial charge in [-0.05, 0) is 12.8 Å². The molecule has 0 amide bonds. The molecule has 2 fully saturated rings. The summed E-state index contributed by atoms with van der Waals surface area (Å²) in [6.45, 7) is 5.53. The van der Waals surface area contributed by atoms with E-state index in [0.29, 0.717) is 18.1 Å². The van der Waals surface area contributed by atoms with Crippen LogP contribution in [0.1, 0.15) is 26.7 Å². The third-order valence-corrected chi connectivity index (χ3v) is 4.36. The van der Waals surface area contributed by atoms with Crippen LogP contribution in [-0.4, -0.2) is 28.5 Å². The zero-order valence-corrected chi connectivity index (χ0v) is 10.8. The van der Waals surface area contributed by atoms with Crippen molar-refractivity contribution in [2.45, 2.75) is 38.8 Å². The van der Waals surface area contributed by atoms with E-state index in [9.17, 15) is 0 Å². The molecule has 4 nitrogen and oxygen atoms in total. The maximum atomic E-state index is 5.90. The molecule has 1 aliphatic heterocycles. The summed E-state index contributed by atoms with van der Waals surface area (Å²) in [5, 5.41) is 7.83. The molecule has 94 valence electrons. The fourth-order valence-corrected chi connectivity index (χ4v) is 3.49. The number of rotatable bonds is 2. The Balaban J connectivity index is 1.74. The quantitative estimate of drug-likeness (QED) is 0.852. The molecule has 0 aromatic carbocycles. The number of nitrogens with zero attached hydrogens (tertiary/aromatic N) is 2. The molecular formula is C13H21N3O. The second-order valence-electron chi connectivity index (χ2n) is 5.94. The minimum atomic E-state index is 0.223. The van der Waals surface area contributed by atoms with Gasteiger partial charge in [-0.1, -0.05) is 13.8 Å². The Morgan fingerprint density at radius 2 is 2.35 bits per heavy atom. The van der Waals surface area contributed by atoms with E-state index in [0.717, 1.165) is 12.3 Å². The zero-order valence-electron chi connectivity index (χ0n) is 10.8. The summed E-state index contributed by atoms with van der Waals surface area (Å²) < 4.78 is 7.74. The Labute approximate surface area is 102 Å².